The zero-order valence-corrected chi connectivity index (χ0v) is 20.3. The van der Waals surface area contributed by atoms with Crippen molar-refractivity contribution in [1.82, 2.24) is 14.9 Å². The van der Waals surface area contributed by atoms with Gasteiger partial charge in [-0.2, -0.15) is 13.2 Å². The quantitative estimate of drug-likeness (QED) is 0.484. The van der Waals surface area contributed by atoms with E-state index in [2.05, 4.69) is 15.3 Å². The maximum atomic E-state index is 13.2. The zero-order valence-electron chi connectivity index (χ0n) is 20.3. The van der Waals surface area contributed by atoms with Crippen molar-refractivity contribution < 1.29 is 32.2 Å². The van der Waals surface area contributed by atoms with Crippen LogP contribution >= 0.6 is 0 Å². The summed E-state index contributed by atoms with van der Waals surface area (Å²) in [5.41, 5.74) is 5.72. The average Bonchev–Trinajstić information content (AvgIpc) is 3.44. The van der Waals surface area contributed by atoms with E-state index < -0.39 is 17.8 Å². The molecule has 12 heteroatoms. The van der Waals surface area contributed by atoms with Crippen LogP contribution in [0.5, 0.6) is 11.5 Å². The Balaban J connectivity index is 1.41. The van der Waals surface area contributed by atoms with Gasteiger partial charge in [-0.3, -0.25) is 0 Å². The Morgan fingerprint density at radius 3 is 2.54 bits per heavy atom. The highest BCUT2D eigenvalue weighted by molar-refractivity contribution is 5.92. The second kappa shape index (κ2) is 9.58. The number of nitrogens with one attached hydrogen (secondary N) is 1. The molecule has 2 saturated heterocycles. The lowest BCUT2D eigenvalue weighted by Crippen LogP contribution is -2.32. The first-order valence-corrected chi connectivity index (χ1v) is 11.7. The van der Waals surface area contributed by atoms with Gasteiger partial charge < -0.3 is 30.2 Å². The topological polar surface area (TPSA) is 112 Å². The summed E-state index contributed by atoms with van der Waals surface area (Å²) in [5.74, 6) is 1.93. The summed E-state index contributed by atoms with van der Waals surface area (Å²) in [5, 5.41) is 3.59. The van der Waals surface area contributed by atoms with E-state index in [9.17, 15) is 18.0 Å². The molecule has 1 aromatic heterocycles. The number of amides is 1. The van der Waals surface area contributed by atoms with Crippen molar-refractivity contribution in [1.29, 1.82) is 0 Å². The molecule has 5 rings (SSSR count). The summed E-state index contributed by atoms with van der Waals surface area (Å²) in [6.45, 7) is 4.12. The van der Waals surface area contributed by atoms with Gasteiger partial charge in [-0.15, -0.1) is 0 Å². The van der Waals surface area contributed by atoms with E-state index in [1.807, 2.05) is 0 Å². The van der Waals surface area contributed by atoms with Crippen molar-refractivity contribution in [3.8, 4) is 11.5 Å². The number of benzene rings is 2. The van der Waals surface area contributed by atoms with Gasteiger partial charge in [0.25, 0.3) is 0 Å². The molecule has 0 radical (unpaired) electrons. The van der Waals surface area contributed by atoms with Crippen LogP contribution in [0.2, 0.25) is 0 Å². The Morgan fingerprint density at radius 1 is 1.14 bits per heavy atom. The average molecular weight is 518 g/mol. The smallest absolute Gasteiger partial charge is 0.416 e. The van der Waals surface area contributed by atoms with Crippen LogP contribution in [-0.4, -0.2) is 54.4 Å². The standard InChI is InChI=1S/C25H26F3N5O4/c1-13-31-20-7-21(35-2)22(37-24(34)33-9-15-11-36-12-16(15)10-33)6-19(20)23(32-13)30-8-14-3-17(25(26,27)28)5-18(29)4-14/h3-7,15-16H,8-12,29H2,1-2H3,(H,30,31,32). The minimum Gasteiger partial charge on any atom is -0.493 e. The number of anilines is 2. The number of alkyl halides is 3. The maximum absolute atomic E-state index is 13.2. The van der Waals surface area contributed by atoms with Crippen LogP contribution in [0.15, 0.2) is 30.3 Å². The van der Waals surface area contributed by atoms with Crippen molar-refractivity contribution in [2.24, 2.45) is 11.8 Å². The molecule has 2 aromatic carbocycles. The third kappa shape index (κ3) is 5.19. The molecule has 196 valence electrons. The number of carbonyl (C=O) groups excluding carboxylic acids is 1. The summed E-state index contributed by atoms with van der Waals surface area (Å²) in [6.07, 6.45) is -5.01. The molecule has 2 aliphatic heterocycles. The summed E-state index contributed by atoms with van der Waals surface area (Å²) in [7, 11) is 1.46. The fraction of sp³-hybridized carbons (Fsp3) is 0.400. The molecule has 3 N–H and O–H groups in total. The predicted octanol–water partition coefficient (Wildman–Crippen LogP) is 4.24. The van der Waals surface area contributed by atoms with Gasteiger partial charge in [0.05, 0.1) is 31.4 Å². The van der Waals surface area contributed by atoms with E-state index in [4.69, 9.17) is 19.9 Å². The van der Waals surface area contributed by atoms with Crippen molar-refractivity contribution >= 4 is 28.5 Å². The number of rotatable bonds is 5. The molecule has 9 nitrogen and oxygen atoms in total. The van der Waals surface area contributed by atoms with E-state index in [0.29, 0.717) is 72.0 Å². The van der Waals surface area contributed by atoms with E-state index >= 15 is 0 Å². The molecule has 0 spiro atoms. The molecule has 0 bridgehead atoms. The fourth-order valence-corrected chi connectivity index (χ4v) is 4.79. The highest BCUT2D eigenvalue weighted by atomic mass is 19.4. The molecule has 2 fully saturated rings. The van der Waals surface area contributed by atoms with Gasteiger partial charge in [0.1, 0.15) is 11.6 Å². The molecule has 3 aromatic rings. The number of ether oxygens (including phenoxy) is 3. The highest BCUT2D eigenvalue weighted by Gasteiger charge is 2.40. The van der Waals surface area contributed by atoms with Crippen LogP contribution in [0.1, 0.15) is 17.0 Å². The van der Waals surface area contributed by atoms with Gasteiger partial charge in [-0.25, -0.2) is 14.8 Å². The molecular weight excluding hydrogens is 491 g/mol. The Hall–Kier alpha value is -3.80. The first-order valence-electron chi connectivity index (χ1n) is 11.7. The molecule has 3 heterocycles. The number of halogens is 3. The first-order chi connectivity index (χ1) is 17.6. The molecule has 2 aliphatic rings. The molecule has 0 aliphatic carbocycles. The number of hydrogen-bond acceptors (Lipinski definition) is 8. The van der Waals surface area contributed by atoms with E-state index in [-0.39, 0.29) is 18.0 Å². The molecule has 0 saturated carbocycles. The van der Waals surface area contributed by atoms with Crippen molar-refractivity contribution in [2.75, 3.05) is 44.5 Å². The van der Waals surface area contributed by atoms with Gasteiger partial charge in [-0.05, 0) is 36.8 Å². The Labute approximate surface area is 210 Å². The second-order valence-corrected chi connectivity index (χ2v) is 9.28. The maximum Gasteiger partial charge on any atom is 0.416 e. The fourth-order valence-electron chi connectivity index (χ4n) is 4.79. The zero-order chi connectivity index (χ0) is 26.3. The normalized spacial score (nSPS) is 19.2. The number of carbonyl (C=O) groups is 1. The number of aromatic nitrogens is 2. The molecular formula is C25H26F3N5O4. The van der Waals surface area contributed by atoms with Crippen molar-refractivity contribution in [2.45, 2.75) is 19.6 Å². The summed E-state index contributed by atoms with van der Waals surface area (Å²) >= 11 is 0. The minimum absolute atomic E-state index is 0.00639. The van der Waals surface area contributed by atoms with Crippen LogP contribution in [0, 0.1) is 18.8 Å². The number of likely N-dealkylation sites (tertiary alicyclic amines) is 1. The van der Waals surface area contributed by atoms with Crippen LogP contribution in [-0.2, 0) is 17.5 Å². The Morgan fingerprint density at radius 2 is 1.86 bits per heavy atom. The van der Waals surface area contributed by atoms with E-state index in [1.165, 1.54) is 13.2 Å². The Kier molecular flexibility index (Phi) is 6.44. The summed E-state index contributed by atoms with van der Waals surface area (Å²) in [4.78, 5) is 23.4. The molecule has 2 unspecified atom stereocenters. The monoisotopic (exact) mass is 517 g/mol. The van der Waals surface area contributed by atoms with E-state index in [1.54, 1.807) is 24.0 Å². The third-order valence-electron chi connectivity index (χ3n) is 6.59. The Bertz CT molecular complexity index is 1340. The van der Waals surface area contributed by atoms with Gasteiger partial charge in [-0.1, -0.05) is 0 Å². The van der Waals surface area contributed by atoms with Crippen LogP contribution in [0.25, 0.3) is 10.9 Å². The number of nitrogens with two attached hydrogens (primary N) is 1. The lowest BCUT2D eigenvalue weighted by atomic mass is 10.0. The van der Waals surface area contributed by atoms with Gasteiger partial charge in [0.15, 0.2) is 11.5 Å². The van der Waals surface area contributed by atoms with Gasteiger partial charge in [0.2, 0.25) is 0 Å². The highest BCUT2D eigenvalue weighted by Crippen LogP contribution is 2.36. The summed E-state index contributed by atoms with van der Waals surface area (Å²) in [6, 6.07) is 6.61. The van der Waals surface area contributed by atoms with Crippen LogP contribution in [0.3, 0.4) is 0 Å². The molecule has 37 heavy (non-hydrogen) atoms. The lowest BCUT2D eigenvalue weighted by Gasteiger charge is -2.19. The first kappa shape index (κ1) is 24.9. The minimum atomic E-state index is -4.52. The van der Waals surface area contributed by atoms with Crippen molar-refractivity contribution in [3.05, 3.63) is 47.3 Å². The van der Waals surface area contributed by atoms with Crippen LogP contribution < -0.4 is 20.5 Å². The number of aryl methyl sites for hydroxylation is 1. The molecule has 1 amide bonds. The summed E-state index contributed by atoms with van der Waals surface area (Å²) < 4.78 is 56.3. The number of hydrogen-bond donors (Lipinski definition) is 2. The SMILES string of the molecule is COc1cc2nc(C)nc(NCc3cc(N)cc(C(F)(F)F)c3)c2cc1OC(=O)N1CC2COCC2C1. The second-order valence-electron chi connectivity index (χ2n) is 9.28. The third-order valence-corrected chi connectivity index (χ3v) is 6.59. The van der Waals surface area contributed by atoms with Gasteiger partial charge in [0, 0.05) is 48.6 Å². The number of nitrogens with zero attached hydrogens (tertiary/aromatic N) is 3. The molecule has 2 atom stereocenters. The lowest BCUT2D eigenvalue weighted by molar-refractivity contribution is -0.137. The van der Waals surface area contributed by atoms with Crippen molar-refractivity contribution in [3.63, 3.8) is 0 Å². The number of nitrogen functional groups attached to an aromatic ring is 1. The van der Waals surface area contributed by atoms with E-state index in [0.717, 1.165) is 12.1 Å². The number of fused-ring (bicyclic) bond motifs is 2. The van der Waals surface area contributed by atoms with Crippen LogP contribution in [0.4, 0.5) is 29.5 Å². The van der Waals surface area contributed by atoms with Gasteiger partial charge >= 0.3 is 12.3 Å². The largest absolute Gasteiger partial charge is 0.493 e. The number of methoxy groups -OCH3 is 1. The predicted molar refractivity (Wildman–Crippen MR) is 129 cm³/mol.